The van der Waals surface area contributed by atoms with Crippen LogP contribution in [0.1, 0.15) is 42.2 Å². The predicted molar refractivity (Wildman–Crippen MR) is 252 cm³/mol. The van der Waals surface area contributed by atoms with Gasteiger partial charge in [-0.15, -0.1) is 0 Å². The smallest absolute Gasteiger partial charge is 0.337 e. The Kier molecular flexibility index (Phi) is 12.6. The number of hydrogen-bond acceptors (Lipinski definition) is 19. The number of carboxylic acid groups (broad SMARTS) is 1. The van der Waals surface area contributed by atoms with Crippen molar-refractivity contribution >= 4 is 110 Å². The monoisotopic (exact) mass is 1050 g/mol. The summed E-state index contributed by atoms with van der Waals surface area (Å²) in [5.74, 6) is -5.59. The number of hydrogen-bond donors (Lipinski definition) is 9. The van der Waals surface area contributed by atoms with Crippen molar-refractivity contribution in [3.05, 3.63) is 135 Å². The number of aryl methyl sites for hydroxylation is 1. The molecule has 2 aromatic heterocycles. The maximum Gasteiger partial charge on any atom is 0.337 e. The molecule has 7 aromatic rings. The molecule has 0 saturated heterocycles. The minimum absolute atomic E-state index is 0.0555. The highest BCUT2D eigenvalue weighted by Crippen LogP contribution is 2.45. The molecule has 0 spiro atoms. The quantitative estimate of drug-likeness (QED) is 0.0485. The Balaban J connectivity index is 1.32. The second-order valence-corrected chi connectivity index (χ2v) is 21.0. The van der Waals surface area contributed by atoms with Crippen molar-refractivity contribution < 1.29 is 71.4 Å². The van der Waals surface area contributed by atoms with Crippen molar-refractivity contribution in [1.29, 1.82) is 0 Å². The van der Waals surface area contributed by atoms with Gasteiger partial charge in [0.1, 0.15) is 9.79 Å². The van der Waals surface area contributed by atoms with Gasteiger partial charge in [0.25, 0.3) is 46.0 Å². The summed E-state index contributed by atoms with van der Waals surface area (Å²) in [4.78, 5) is 64.4. The lowest BCUT2D eigenvalue weighted by Crippen LogP contribution is -2.29. The van der Waals surface area contributed by atoms with Crippen LogP contribution < -0.4 is 26.8 Å². The van der Waals surface area contributed by atoms with E-state index in [0.717, 1.165) is 28.8 Å². The second-order valence-electron chi connectivity index (χ2n) is 15.2. The molecule has 0 amide bonds. The van der Waals surface area contributed by atoms with E-state index in [4.69, 9.17) is 0 Å². The van der Waals surface area contributed by atoms with Gasteiger partial charge in [0.05, 0.1) is 55.6 Å². The number of aromatic nitrogens is 4. The van der Waals surface area contributed by atoms with Crippen LogP contribution in [0.15, 0.2) is 117 Å². The molecule has 0 atom stereocenters. The Morgan fingerprint density at radius 1 is 0.606 bits per heavy atom. The zero-order valence-electron chi connectivity index (χ0n) is 35.7. The van der Waals surface area contributed by atoms with Gasteiger partial charge in [-0.2, -0.15) is 48.6 Å². The van der Waals surface area contributed by atoms with Crippen LogP contribution in [0.3, 0.4) is 0 Å². The molecule has 0 radical (unpaired) electrons. The van der Waals surface area contributed by atoms with Crippen molar-refractivity contribution in [3.8, 4) is 11.1 Å². The highest BCUT2D eigenvalue weighted by atomic mass is 32.2. The van der Waals surface area contributed by atoms with Crippen molar-refractivity contribution in [3.63, 3.8) is 0 Å². The van der Waals surface area contributed by atoms with Crippen molar-refractivity contribution in [1.82, 2.24) is 19.5 Å². The molecule has 0 bridgehead atoms. The van der Waals surface area contributed by atoms with E-state index in [2.05, 4.69) is 36.2 Å². The van der Waals surface area contributed by atoms with Crippen LogP contribution in [0.25, 0.3) is 22.0 Å². The van der Waals surface area contributed by atoms with Crippen LogP contribution >= 0.6 is 0 Å². The van der Waals surface area contributed by atoms with Crippen molar-refractivity contribution in [2.24, 2.45) is 7.05 Å². The summed E-state index contributed by atoms with van der Waals surface area (Å²) in [7, 11) is -19.0. The standard InChI is InChI=1S/C42H32N8O17S4/c1-50-29-14-13-26(33-34(29)32(22-9-2-3-10-23(22)37(33)52)35(38(50)53)36(51)20-7-6-8-21(17-20)69(59,60)61)44-27-18-28(31(71(65,66)67)19-30(27)70(62,63)64)46-42-48-40(43-15-16-68(56,57)58)47-41(49-42)45-25-12-5-4-11-24(25)39(54)55/h2-14,17-19,44H,15-16H2,1H3,(H,54,55)(H,56,57,58)(H,59,60,61)(H,62,63,64)(H,65,66,67)(H3,43,45,46,47,48,49). The lowest BCUT2D eigenvalue weighted by atomic mass is 9.80. The number of anilines is 7. The number of pyridine rings is 1. The van der Waals surface area contributed by atoms with Gasteiger partial charge in [-0.1, -0.05) is 48.5 Å². The molecule has 29 heteroatoms. The SMILES string of the molecule is Cn1c(=O)c(C(=O)c2cccc(S(=O)(=O)O)c2)c2c3c(c(Nc4cc(Nc5nc(NCCS(=O)(=O)O)nc(Nc6ccccc6C(=O)O)n5)c(S(=O)(=O)O)cc4S(=O)(=O)O)ccc31)C(=O)c1ccccc1-2. The van der Waals surface area contributed by atoms with Crippen molar-refractivity contribution in [2.75, 3.05) is 33.6 Å². The number of nitrogens with zero attached hydrogens (tertiary/aromatic N) is 4. The number of nitrogens with one attached hydrogen (secondary N) is 4. The maximum atomic E-state index is 14.7. The normalized spacial score (nSPS) is 12.5. The van der Waals surface area contributed by atoms with E-state index in [1.807, 2.05) is 0 Å². The summed E-state index contributed by atoms with van der Waals surface area (Å²) in [6, 6.07) is 19.0. The number of carboxylic acids is 1. The van der Waals surface area contributed by atoms with Gasteiger partial charge in [0.2, 0.25) is 17.8 Å². The molecule has 25 nitrogen and oxygen atoms in total. The predicted octanol–water partition coefficient (Wildman–Crippen LogP) is 4.13. The topological polar surface area (TPSA) is 398 Å². The lowest BCUT2D eigenvalue weighted by Gasteiger charge is -2.26. The van der Waals surface area contributed by atoms with Crippen LogP contribution in [0.4, 0.5) is 40.6 Å². The fourth-order valence-electron chi connectivity index (χ4n) is 7.64. The highest BCUT2D eigenvalue weighted by Gasteiger charge is 2.35. The van der Waals surface area contributed by atoms with Gasteiger partial charge < -0.3 is 30.9 Å². The zero-order chi connectivity index (χ0) is 51.5. The zero-order valence-corrected chi connectivity index (χ0v) is 39.0. The van der Waals surface area contributed by atoms with E-state index < -0.39 is 125 Å². The molecule has 71 heavy (non-hydrogen) atoms. The Hall–Kier alpha value is -8.03. The van der Waals surface area contributed by atoms with E-state index in [0.29, 0.717) is 6.07 Å². The summed E-state index contributed by atoms with van der Waals surface area (Å²) < 4.78 is 140. The Morgan fingerprint density at radius 2 is 1.20 bits per heavy atom. The summed E-state index contributed by atoms with van der Waals surface area (Å²) in [5, 5.41) is 20.0. The summed E-state index contributed by atoms with van der Waals surface area (Å²) in [5.41, 5.74) is -4.15. The molecule has 1 aliphatic carbocycles. The molecule has 0 unspecified atom stereocenters. The minimum Gasteiger partial charge on any atom is -0.478 e. The molecule has 0 saturated carbocycles. The molecule has 2 heterocycles. The summed E-state index contributed by atoms with van der Waals surface area (Å²) >= 11 is 0. The molecule has 1 aliphatic rings. The first-order valence-corrected chi connectivity index (χ1v) is 25.8. The number of fused-ring (bicyclic) bond motifs is 2. The first kappa shape index (κ1) is 49.4. The molecular weight excluding hydrogens is 1020 g/mol. The van der Waals surface area contributed by atoms with Crippen LogP contribution in [0.5, 0.6) is 0 Å². The van der Waals surface area contributed by atoms with E-state index in [-0.39, 0.29) is 55.7 Å². The van der Waals surface area contributed by atoms with Gasteiger partial charge in [-0.3, -0.25) is 32.6 Å². The fraction of sp³-hybridized carbons (Fsp3) is 0.0714. The third-order valence-corrected chi connectivity index (χ3v) is 14.0. The van der Waals surface area contributed by atoms with Gasteiger partial charge in [-0.05, 0) is 54.1 Å². The molecule has 9 N–H and O–H groups in total. The average molecular weight is 1050 g/mol. The average Bonchev–Trinajstić information content (AvgIpc) is 3.28. The summed E-state index contributed by atoms with van der Waals surface area (Å²) in [6.07, 6.45) is 0. The van der Waals surface area contributed by atoms with Crippen LogP contribution in [0.2, 0.25) is 0 Å². The summed E-state index contributed by atoms with van der Waals surface area (Å²) in [6.45, 7) is -0.523. The largest absolute Gasteiger partial charge is 0.478 e. The third kappa shape index (κ3) is 9.91. The van der Waals surface area contributed by atoms with Crippen LogP contribution in [0, 0.1) is 0 Å². The number of carbonyl (C=O) groups excluding carboxylic acids is 2. The molecule has 0 fully saturated rings. The van der Waals surface area contributed by atoms with E-state index in [9.17, 15) is 76.2 Å². The third-order valence-electron chi connectivity index (χ3n) is 10.7. The molecule has 8 rings (SSSR count). The Labute approximate surface area is 400 Å². The van der Waals surface area contributed by atoms with Gasteiger partial charge in [0, 0.05) is 35.7 Å². The van der Waals surface area contributed by atoms with Gasteiger partial charge >= 0.3 is 5.97 Å². The Morgan fingerprint density at radius 3 is 1.82 bits per heavy atom. The van der Waals surface area contributed by atoms with E-state index >= 15 is 0 Å². The van der Waals surface area contributed by atoms with E-state index in [1.54, 1.807) is 0 Å². The number of para-hydroxylation sites is 1. The minimum atomic E-state index is -5.48. The molecular formula is C42H32N8O17S4. The van der Waals surface area contributed by atoms with Crippen LogP contribution in [-0.2, 0) is 47.5 Å². The van der Waals surface area contributed by atoms with Crippen molar-refractivity contribution in [2.45, 2.75) is 14.7 Å². The number of aromatic carboxylic acids is 1. The first-order chi connectivity index (χ1) is 33.2. The number of ketones is 2. The van der Waals surface area contributed by atoms with E-state index in [1.165, 1.54) is 73.8 Å². The lowest BCUT2D eigenvalue weighted by molar-refractivity contribution is 0.0697. The molecule has 366 valence electrons. The number of benzene rings is 5. The Bertz CT molecular complexity index is 4020. The fourth-order valence-corrected chi connectivity index (χ4v) is 9.91. The van der Waals surface area contributed by atoms with Crippen LogP contribution in [-0.4, -0.2) is 106 Å². The van der Waals surface area contributed by atoms with Gasteiger partial charge in [-0.25, -0.2) is 4.79 Å². The molecule has 5 aromatic carbocycles. The number of rotatable bonds is 16. The second kappa shape index (κ2) is 18.1. The highest BCUT2D eigenvalue weighted by molar-refractivity contribution is 7.87. The number of carbonyl (C=O) groups is 3. The maximum absolute atomic E-state index is 14.7. The first-order valence-electron chi connectivity index (χ1n) is 19.9. The van der Waals surface area contributed by atoms with Gasteiger partial charge in [0.15, 0.2) is 11.6 Å². The molecule has 0 aliphatic heterocycles.